The molecule has 6 nitrogen and oxygen atoms in total. The molecular formula is C15H18N2O4. The van der Waals surface area contributed by atoms with Gasteiger partial charge in [0.15, 0.2) is 0 Å². The Balaban J connectivity index is 1.66. The van der Waals surface area contributed by atoms with Gasteiger partial charge in [-0.05, 0) is 18.4 Å². The van der Waals surface area contributed by atoms with E-state index in [1.54, 1.807) is 25.3 Å². The van der Waals surface area contributed by atoms with Crippen molar-refractivity contribution in [2.75, 3.05) is 13.7 Å². The Bertz CT molecular complexity index is 680. The van der Waals surface area contributed by atoms with Gasteiger partial charge in [0.05, 0.1) is 13.5 Å². The molecule has 112 valence electrons. The number of ether oxygens (including phenoxy) is 1. The standard InChI is InChI=1S/C15H18N2O4/c1-9-7-11(9)15(18)16-6-5-14-17(19)12-4-3-10(20-2)8-13(12)21-14/h3-4,8-9,11H,5-7H2,1-2H3,(H,16,18). The van der Waals surface area contributed by atoms with Crippen molar-refractivity contribution in [3.8, 4) is 5.75 Å². The van der Waals surface area contributed by atoms with Gasteiger partial charge in [0.2, 0.25) is 11.5 Å². The first kappa shape index (κ1) is 13.7. The van der Waals surface area contributed by atoms with E-state index in [0.29, 0.717) is 41.6 Å². The number of fused-ring (bicyclic) bond motifs is 1. The maximum Gasteiger partial charge on any atom is 0.361 e. The van der Waals surface area contributed by atoms with Crippen LogP contribution in [0.4, 0.5) is 0 Å². The summed E-state index contributed by atoms with van der Waals surface area (Å²) in [6.45, 7) is 2.46. The monoisotopic (exact) mass is 290 g/mol. The maximum atomic E-state index is 12.1. The van der Waals surface area contributed by atoms with E-state index in [1.165, 1.54) is 0 Å². The Labute approximate surface area is 122 Å². The van der Waals surface area contributed by atoms with Crippen LogP contribution in [0, 0.1) is 17.0 Å². The van der Waals surface area contributed by atoms with Crippen LogP contribution in [0.1, 0.15) is 19.2 Å². The Kier molecular flexibility index (Phi) is 3.45. The first-order valence-corrected chi connectivity index (χ1v) is 7.07. The summed E-state index contributed by atoms with van der Waals surface area (Å²) in [5.74, 6) is 1.62. The topological polar surface area (TPSA) is 78.4 Å². The van der Waals surface area contributed by atoms with Crippen molar-refractivity contribution >= 4 is 17.0 Å². The minimum Gasteiger partial charge on any atom is -0.616 e. The highest BCUT2D eigenvalue weighted by atomic mass is 16.5. The Morgan fingerprint density at radius 1 is 1.57 bits per heavy atom. The molecule has 21 heavy (non-hydrogen) atoms. The molecule has 1 aromatic carbocycles. The number of aromatic nitrogens is 1. The molecule has 0 radical (unpaired) electrons. The molecular weight excluding hydrogens is 272 g/mol. The number of nitrogens with zero attached hydrogens (tertiary/aromatic N) is 1. The molecule has 6 heteroatoms. The third-order valence-corrected chi connectivity index (χ3v) is 3.92. The molecule has 1 aromatic heterocycles. The van der Waals surface area contributed by atoms with Crippen LogP contribution >= 0.6 is 0 Å². The Hall–Kier alpha value is -2.24. The smallest absolute Gasteiger partial charge is 0.361 e. The average molecular weight is 290 g/mol. The second-order valence-electron chi connectivity index (χ2n) is 5.48. The number of carbonyl (C=O) groups is 1. The third kappa shape index (κ3) is 2.66. The molecule has 1 fully saturated rings. The lowest BCUT2D eigenvalue weighted by Gasteiger charge is -2.01. The zero-order chi connectivity index (χ0) is 15.0. The first-order chi connectivity index (χ1) is 10.1. The van der Waals surface area contributed by atoms with Gasteiger partial charge in [0.25, 0.3) is 5.52 Å². The minimum absolute atomic E-state index is 0.0673. The third-order valence-electron chi connectivity index (χ3n) is 3.92. The van der Waals surface area contributed by atoms with Crippen LogP contribution in [0.3, 0.4) is 0 Å². The molecule has 0 bridgehead atoms. The Morgan fingerprint density at radius 3 is 3.00 bits per heavy atom. The van der Waals surface area contributed by atoms with Crippen LogP contribution in [0.25, 0.3) is 11.1 Å². The summed E-state index contributed by atoms with van der Waals surface area (Å²) in [6.07, 6.45) is 1.32. The Morgan fingerprint density at radius 2 is 2.33 bits per heavy atom. The van der Waals surface area contributed by atoms with Crippen LogP contribution < -0.4 is 14.8 Å². The van der Waals surface area contributed by atoms with Crippen molar-refractivity contribution in [1.29, 1.82) is 0 Å². The fourth-order valence-corrected chi connectivity index (χ4v) is 2.44. The van der Waals surface area contributed by atoms with Crippen molar-refractivity contribution < 1.29 is 18.7 Å². The highest BCUT2D eigenvalue weighted by Gasteiger charge is 2.38. The number of nitrogens with one attached hydrogen (secondary N) is 1. The van der Waals surface area contributed by atoms with Crippen LogP contribution in [0.15, 0.2) is 22.6 Å². The zero-order valence-electron chi connectivity index (χ0n) is 12.1. The predicted molar refractivity (Wildman–Crippen MR) is 75.7 cm³/mol. The second kappa shape index (κ2) is 5.27. The molecule has 3 rings (SSSR count). The molecule has 2 atom stereocenters. The number of hydrogen-bond acceptors (Lipinski definition) is 4. The summed E-state index contributed by atoms with van der Waals surface area (Å²) in [5, 5.41) is 14.9. The summed E-state index contributed by atoms with van der Waals surface area (Å²) in [4.78, 5) is 11.7. The van der Waals surface area contributed by atoms with Crippen LogP contribution in [-0.2, 0) is 11.2 Å². The van der Waals surface area contributed by atoms with Crippen molar-refractivity contribution in [1.82, 2.24) is 5.32 Å². The van der Waals surface area contributed by atoms with Crippen molar-refractivity contribution in [3.05, 3.63) is 29.3 Å². The maximum absolute atomic E-state index is 12.1. The van der Waals surface area contributed by atoms with Crippen LogP contribution in [-0.4, -0.2) is 19.6 Å². The van der Waals surface area contributed by atoms with E-state index in [4.69, 9.17) is 9.15 Å². The van der Waals surface area contributed by atoms with E-state index in [-0.39, 0.29) is 11.8 Å². The van der Waals surface area contributed by atoms with Crippen molar-refractivity contribution in [2.24, 2.45) is 11.8 Å². The number of oxazole rings is 1. The quantitative estimate of drug-likeness (QED) is 0.666. The lowest BCUT2D eigenvalue weighted by atomic mass is 10.3. The minimum atomic E-state index is 0.0673. The number of methoxy groups -OCH3 is 1. The summed E-state index contributed by atoms with van der Waals surface area (Å²) < 4.78 is 11.4. The highest BCUT2D eigenvalue weighted by molar-refractivity contribution is 5.81. The molecule has 1 aliphatic carbocycles. The van der Waals surface area contributed by atoms with Crippen molar-refractivity contribution in [2.45, 2.75) is 19.8 Å². The largest absolute Gasteiger partial charge is 0.616 e. The van der Waals surface area contributed by atoms with Gasteiger partial charge in [-0.25, -0.2) is 0 Å². The molecule has 1 saturated carbocycles. The van der Waals surface area contributed by atoms with Crippen molar-refractivity contribution in [3.63, 3.8) is 0 Å². The van der Waals surface area contributed by atoms with E-state index in [9.17, 15) is 10.0 Å². The first-order valence-electron chi connectivity index (χ1n) is 7.07. The zero-order valence-corrected chi connectivity index (χ0v) is 12.1. The van der Waals surface area contributed by atoms with Gasteiger partial charge in [-0.2, -0.15) is 0 Å². The van der Waals surface area contributed by atoms with Gasteiger partial charge < -0.3 is 19.7 Å². The average Bonchev–Trinajstić information content (AvgIpc) is 3.14. The van der Waals surface area contributed by atoms with Gasteiger partial charge >= 0.3 is 5.89 Å². The lowest BCUT2D eigenvalue weighted by molar-refractivity contribution is -0.592. The second-order valence-corrected chi connectivity index (χ2v) is 5.48. The summed E-state index contributed by atoms with van der Waals surface area (Å²) in [6, 6.07) is 5.06. The number of rotatable bonds is 5. The summed E-state index contributed by atoms with van der Waals surface area (Å²) >= 11 is 0. The SMILES string of the molecule is COc1ccc2c(c1)oc(CCNC(=O)C1CC1C)[n+]2[O-]. The molecule has 0 aliphatic heterocycles. The predicted octanol–water partition coefficient (Wildman–Crippen LogP) is 1.39. The fraction of sp³-hybridized carbons (Fsp3) is 0.467. The van der Waals surface area contributed by atoms with Gasteiger partial charge in [0, 0.05) is 24.6 Å². The number of benzene rings is 1. The van der Waals surface area contributed by atoms with Gasteiger partial charge in [-0.1, -0.05) is 6.92 Å². The van der Waals surface area contributed by atoms with Crippen LogP contribution in [0.5, 0.6) is 5.75 Å². The van der Waals surface area contributed by atoms with Gasteiger partial charge in [-0.3, -0.25) is 4.79 Å². The van der Waals surface area contributed by atoms with E-state index in [2.05, 4.69) is 12.2 Å². The fourth-order valence-electron chi connectivity index (χ4n) is 2.44. The van der Waals surface area contributed by atoms with Crippen LogP contribution in [0.2, 0.25) is 0 Å². The van der Waals surface area contributed by atoms with Gasteiger partial charge in [-0.15, -0.1) is 4.73 Å². The molecule has 0 spiro atoms. The highest BCUT2D eigenvalue weighted by Crippen LogP contribution is 2.37. The lowest BCUT2D eigenvalue weighted by Crippen LogP contribution is -2.33. The van der Waals surface area contributed by atoms with E-state index in [1.807, 2.05) is 0 Å². The van der Waals surface area contributed by atoms with E-state index >= 15 is 0 Å². The molecule has 1 heterocycles. The number of hydrogen-bond donors (Lipinski definition) is 1. The normalized spacial score (nSPS) is 20.5. The molecule has 2 aromatic rings. The molecule has 1 aliphatic rings. The molecule has 2 unspecified atom stereocenters. The van der Waals surface area contributed by atoms with E-state index < -0.39 is 0 Å². The number of carbonyl (C=O) groups excluding carboxylic acids is 1. The summed E-state index contributed by atoms with van der Waals surface area (Å²) in [5.41, 5.74) is 0.953. The molecule has 1 N–H and O–H groups in total. The molecule has 1 amide bonds. The van der Waals surface area contributed by atoms with E-state index in [0.717, 1.165) is 11.2 Å². The summed E-state index contributed by atoms with van der Waals surface area (Å²) in [7, 11) is 1.56. The molecule has 0 saturated heterocycles. The number of amides is 1. The van der Waals surface area contributed by atoms with Gasteiger partial charge in [0.1, 0.15) is 5.75 Å².